The zero-order chi connectivity index (χ0) is 13.2. The number of carbonyl (C=O) groups is 1. The molecule has 0 spiro atoms. The monoisotopic (exact) mass is 270 g/mol. The zero-order valence-corrected chi connectivity index (χ0v) is 12.7. The predicted molar refractivity (Wildman–Crippen MR) is 77.7 cm³/mol. The Morgan fingerprint density at radius 1 is 1.33 bits per heavy atom. The summed E-state index contributed by atoms with van der Waals surface area (Å²) in [5, 5.41) is 3.47. The molecule has 2 unspecified atom stereocenters. The first-order valence-corrected chi connectivity index (χ1v) is 8.50. The van der Waals surface area contributed by atoms with Gasteiger partial charge in [0, 0.05) is 11.3 Å². The van der Waals surface area contributed by atoms with Crippen molar-refractivity contribution in [1.29, 1.82) is 0 Å². The van der Waals surface area contributed by atoms with E-state index in [0.717, 1.165) is 19.4 Å². The lowest BCUT2D eigenvalue weighted by Gasteiger charge is -2.34. The summed E-state index contributed by atoms with van der Waals surface area (Å²) in [6.45, 7) is 5.19. The van der Waals surface area contributed by atoms with Crippen molar-refractivity contribution in [3.8, 4) is 0 Å². The zero-order valence-electron chi connectivity index (χ0n) is 11.9. The molecule has 2 rings (SSSR count). The van der Waals surface area contributed by atoms with Gasteiger partial charge in [-0.2, -0.15) is 11.8 Å². The van der Waals surface area contributed by atoms with E-state index in [1.807, 2.05) is 11.8 Å². The Bertz CT molecular complexity index is 302. The molecule has 1 aliphatic heterocycles. The van der Waals surface area contributed by atoms with Crippen molar-refractivity contribution in [2.24, 2.45) is 0 Å². The summed E-state index contributed by atoms with van der Waals surface area (Å²) in [7, 11) is 0. The van der Waals surface area contributed by atoms with Crippen LogP contribution < -0.4 is 5.32 Å². The smallest absolute Gasteiger partial charge is 0.241 e. The van der Waals surface area contributed by atoms with Crippen molar-refractivity contribution < 1.29 is 4.79 Å². The van der Waals surface area contributed by atoms with Gasteiger partial charge in [0.15, 0.2) is 0 Å². The Labute approximate surface area is 115 Å². The van der Waals surface area contributed by atoms with Crippen LogP contribution in [-0.2, 0) is 4.79 Å². The number of amides is 1. The summed E-state index contributed by atoms with van der Waals surface area (Å²) in [5.74, 6) is 0.324. The molecule has 2 atom stereocenters. The summed E-state index contributed by atoms with van der Waals surface area (Å²) < 4.78 is 0.327. The molecule has 0 bridgehead atoms. The van der Waals surface area contributed by atoms with Crippen LogP contribution in [0.3, 0.4) is 0 Å². The minimum absolute atomic E-state index is 0.0512. The van der Waals surface area contributed by atoms with Crippen LogP contribution in [0.25, 0.3) is 0 Å². The highest BCUT2D eigenvalue weighted by Crippen LogP contribution is 2.41. The van der Waals surface area contributed by atoms with Crippen molar-refractivity contribution in [2.75, 3.05) is 12.8 Å². The van der Waals surface area contributed by atoms with Gasteiger partial charge in [0.25, 0.3) is 0 Å². The molecule has 0 aromatic carbocycles. The molecule has 1 heterocycles. The topological polar surface area (TPSA) is 32.3 Å². The van der Waals surface area contributed by atoms with Gasteiger partial charge in [0.1, 0.15) is 0 Å². The van der Waals surface area contributed by atoms with Crippen LogP contribution in [-0.4, -0.2) is 40.6 Å². The Balaban J connectivity index is 2.08. The fraction of sp³-hybridized carbons (Fsp3) is 0.929. The number of thioether (sulfide) groups is 1. The highest BCUT2D eigenvalue weighted by molar-refractivity contribution is 8.00. The molecular weight excluding hydrogens is 244 g/mol. The first-order valence-electron chi connectivity index (χ1n) is 7.27. The number of carbonyl (C=O) groups excluding carboxylic acids is 1. The Morgan fingerprint density at radius 2 is 2.00 bits per heavy atom. The second-order valence-electron chi connectivity index (χ2n) is 5.61. The van der Waals surface area contributed by atoms with Gasteiger partial charge in [-0.05, 0) is 31.9 Å². The lowest BCUT2D eigenvalue weighted by molar-refractivity contribution is -0.130. The number of rotatable bonds is 5. The molecule has 3 nitrogen and oxygen atoms in total. The highest BCUT2D eigenvalue weighted by atomic mass is 32.2. The maximum atomic E-state index is 12.4. The van der Waals surface area contributed by atoms with E-state index in [9.17, 15) is 4.79 Å². The Morgan fingerprint density at radius 3 is 2.50 bits per heavy atom. The minimum atomic E-state index is 0.0512. The SMILES string of the molecule is CCC1NC(CC)N(CC2(SC)CCCC2)C1=O. The molecule has 0 aromatic heterocycles. The lowest BCUT2D eigenvalue weighted by atomic mass is 10.1. The van der Waals surface area contributed by atoms with Gasteiger partial charge in [0.2, 0.25) is 5.91 Å². The van der Waals surface area contributed by atoms with Crippen LogP contribution in [0.4, 0.5) is 0 Å². The van der Waals surface area contributed by atoms with E-state index in [-0.39, 0.29) is 12.2 Å². The maximum Gasteiger partial charge on any atom is 0.241 e. The molecule has 1 aliphatic carbocycles. The maximum absolute atomic E-state index is 12.4. The van der Waals surface area contributed by atoms with Gasteiger partial charge in [-0.15, -0.1) is 0 Å². The van der Waals surface area contributed by atoms with Crippen molar-refractivity contribution in [3.63, 3.8) is 0 Å². The quantitative estimate of drug-likeness (QED) is 0.833. The molecule has 1 amide bonds. The standard InChI is InChI=1S/C14H26N2OS/c1-4-11-13(17)16(12(5-2)15-11)10-14(18-3)8-6-7-9-14/h11-12,15H,4-10H2,1-3H3. The van der Waals surface area contributed by atoms with Crippen molar-refractivity contribution in [2.45, 2.75) is 69.3 Å². The van der Waals surface area contributed by atoms with Crippen molar-refractivity contribution >= 4 is 17.7 Å². The van der Waals surface area contributed by atoms with Crippen LogP contribution >= 0.6 is 11.8 Å². The third kappa shape index (κ3) is 2.55. The third-order valence-corrected chi connectivity index (χ3v) is 5.96. The fourth-order valence-corrected chi connectivity index (χ4v) is 4.29. The highest BCUT2D eigenvalue weighted by Gasteiger charge is 2.43. The number of hydrogen-bond donors (Lipinski definition) is 1. The van der Waals surface area contributed by atoms with Crippen LogP contribution in [0.15, 0.2) is 0 Å². The summed E-state index contributed by atoms with van der Waals surface area (Å²) in [4.78, 5) is 14.5. The van der Waals surface area contributed by atoms with E-state index in [2.05, 4.69) is 30.3 Å². The average Bonchev–Trinajstić information content (AvgIpc) is 2.97. The van der Waals surface area contributed by atoms with Gasteiger partial charge in [-0.25, -0.2) is 0 Å². The van der Waals surface area contributed by atoms with E-state index in [0.29, 0.717) is 10.7 Å². The van der Waals surface area contributed by atoms with Crippen LogP contribution in [0.5, 0.6) is 0 Å². The van der Waals surface area contributed by atoms with Gasteiger partial charge in [-0.1, -0.05) is 26.7 Å². The summed E-state index contributed by atoms with van der Waals surface area (Å²) in [5.41, 5.74) is 0. The molecule has 1 saturated heterocycles. The van der Waals surface area contributed by atoms with Gasteiger partial charge in [-0.3, -0.25) is 10.1 Å². The summed E-state index contributed by atoms with van der Waals surface area (Å²) in [6, 6.07) is 0.0512. The molecule has 2 aliphatic rings. The molecule has 0 radical (unpaired) electrons. The molecule has 18 heavy (non-hydrogen) atoms. The molecule has 0 aromatic rings. The molecule has 2 fully saturated rings. The molecule has 104 valence electrons. The van der Waals surface area contributed by atoms with E-state index in [1.54, 1.807) is 0 Å². The third-order valence-electron chi connectivity index (χ3n) is 4.55. The number of nitrogens with zero attached hydrogens (tertiary/aromatic N) is 1. The molecular formula is C14H26N2OS. The second-order valence-corrected chi connectivity index (χ2v) is 6.89. The lowest BCUT2D eigenvalue weighted by Crippen LogP contribution is -2.45. The average molecular weight is 270 g/mol. The molecule has 1 saturated carbocycles. The molecule has 4 heteroatoms. The van der Waals surface area contributed by atoms with Crippen LogP contribution in [0.1, 0.15) is 52.4 Å². The second kappa shape index (κ2) is 5.83. The van der Waals surface area contributed by atoms with E-state index in [1.165, 1.54) is 25.7 Å². The van der Waals surface area contributed by atoms with Crippen LogP contribution in [0, 0.1) is 0 Å². The Kier molecular flexibility index (Phi) is 4.59. The molecule has 1 N–H and O–H groups in total. The summed E-state index contributed by atoms with van der Waals surface area (Å²) >= 11 is 1.97. The van der Waals surface area contributed by atoms with E-state index >= 15 is 0 Å². The largest absolute Gasteiger partial charge is 0.324 e. The van der Waals surface area contributed by atoms with Gasteiger partial charge >= 0.3 is 0 Å². The predicted octanol–water partition coefficient (Wildman–Crippen LogP) is 2.61. The number of hydrogen-bond acceptors (Lipinski definition) is 3. The fourth-order valence-electron chi connectivity index (χ4n) is 3.32. The first-order chi connectivity index (χ1) is 8.65. The van der Waals surface area contributed by atoms with Gasteiger partial charge in [0.05, 0.1) is 12.2 Å². The normalized spacial score (nSPS) is 31.3. The van der Waals surface area contributed by atoms with E-state index in [4.69, 9.17) is 0 Å². The van der Waals surface area contributed by atoms with Crippen molar-refractivity contribution in [3.05, 3.63) is 0 Å². The van der Waals surface area contributed by atoms with Gasteiger partial charge < -0.3 is 4.90 Å². The van der Waals surface area contributed by atoms with Crippen LogP contribution in [0.2, 0.25) is 0 Å². The Hall–Kier alpha value is -0.220. The van der Waals surface area contributed by atoms with E-state index < -0.39 is 0 Å². The summed E-state index contributed by atoms with van der Waals surface area (Å²) in [6.07, 6.45) is 9.56. The first kappa shape index (κ1) is 14.2. The minimum Gasteiger partial charge on any atom is -0.324 e. The van der Waals surface area contributed by atoms with Crippen molar-refractivity contribution in [1.82, 2.24) is 10.2 Å². The number of nitrogens with one attached hydrogen (secondary N) is 1.